The summed E-state index contributed by atoms with van der Waals surface area (Å²) in [5.41, 5.74) is 2.09. The maximum atomic E-state index is 12.1. The Morgan fingerprint density at radius 1 is 1.48 bits per heavy atom. The number of amides is 1. The van der Waals surface area contributed by atoms with Crippen LogP contribution in [0.5, 0.6) is 0 Å². The predicted molar refractivity (Wildman–Crippen MR) is 85.0 cm³/mol. The van der Waals surface area contributed by atoms with Crippen LogP contribution in [0.25, 0.3) is 0 Å². The minimum absolute atomic E-state index is 0.0174. The summed E-state index contributed by atoms with van der Waals surface area (Å²) in [6.45, 7) is 6.36. The Bertz CT molecular complexity index is 467. The molecule has 1 atom stereocenters. The van der Waals surface area contributed by atoms with Crippen molar-refractivity contribution in [3.8, 4) is 0 Å². The average Bonchev–Trinajstić information content (AvgIpc) is 2.47. The second-order valence-corrected chi connectivity index (χ2v) is 6.28. The highest BCUT2D eigenvalue weighted by atomic mass is 16.1. The molecule has 2 heterocycles. The summed E-state index contributed by atoms with van der Waals surface area (Å²) in [6, 6.07) is 3.94. The first-order chi connectivity index (χ1) is 10.1. The summed E-state index contributed by atoms with van der Waals surface area (Å²) in [4.78, 5) is 18.8. The van der Waals surface area contributed by atoms with Gasteiger partial charge >= 0.3 is 0 Å². The number of carbonyl (C=O) groups excluding carboxylic acids is 1. The van der Waals surface area contributed by atoms with Gasteiger partial charge in [0.1, 0.15) is 0 Å². The molecule has 1 N–H and O–H groups in total. The van der Waals surface area contributed by atoms with Gasteiger partial charge in [-0.2, -0.15) is 0 Å². The van der Waals surface area contributed by atoms with Crippen LogP contribution < -0.4 is 5.32 Å². The number of aromatic nitrogens is 1. The van der Waals surface area contributed by atoms with Crippen molar-refractivity contribution in [3.63, 3.8) is 0 Å². The number of likely N-dealkylation sites (tertiary alicyclic amines) is 1. The van der Waals surface area contributed by atoms with Crippen molar-refractivity contribution in [1.29, 1.82) is 0 Å². The summed E-state index contributed by atoms with van der Waals surface area (Å²) < 4.78 is 0. The van der Waals surface area contributed by atoms with Gasteiger partial charge in [-0.1, -0.05) is 6.07 Å². The molecule has 1 aliphatic rings. The van der Waals surface area contributed by atoms with E-state index in [9.17, 15) is 4.79 Å². The van der Waals surface area contributed by atoms with E-state index in [0.717, 1.165) is 30.8 Å². The molecule has 1 aromatic rings. The van der Waals surface area contributed by atoms with Gasteiger partial charge in [-0.25, -0.2) is 0 Å². The Morgan fingerprint density at radius 3 is 2.86 bits per heavy atom. The molecule has 4 heteroatoms. The van der Waals surface area contributed by atoms with Crippen LogP contribution in [-0.4, -0.2) is 35.9 Å². The number of nitrogens with one attached hydrogen (secondary N) is 1. The van der Waals surface area contributed by atoms with E-state index in [0.29, 0.717) is 12.3 Å². The highest BCUT2D eigenvalue weighted by Crippen LogP contribution is 2.21. The van der Waals surface area contributed by atoms with E-state index in [4.69, 9.17) is 0 Å². The van der Waals surface area contributed by atoms with E-state index >= 15 is 0 Å². The summed E-state index contributed by atoms with van der Waals surface area (Å²) >= 11 is 0. The van der Waals surface area contributed by atoms with Gasteiger partial charge < -0.3 is 10.2 Å². The van der Waals surface area contributed by atoms with Gasteiger partial charge in [0.05, 0.1) is 11.7 Å². The maximum Gasteiger partial charge on any atom is 0.220 e. The van der Waals surface area contributed by atoms with Crippen LogP contribution >= 0.6 is 0 Å². The predicted octanol–water partition coefficient (Wildman–Crippen LogP) is 2.69. The van der Waals surface area contributed by atoms with Gasteiger partial charge in [0.15, 0.2) is 0 Å². The fourth-order valence-corrected chi connectivity index (χ4v) is 3.02. The SMILES string of the molecule is Cc1cccnc1[C@H](C)NC(=O)CCC1CCN(C)CC1. The Kier molecular flexibility index (Phi) is 5.74. The van der Waals surface area contributed by atoms with Crippen molar-refractivity contribution >= 4 is 5.91 Å². The van der Waals surface area contributed by atoms with Crippen molar-refractivity contribution in [2.24, 2.45) is 5.92 Å². The monoisotopic (exact) mass is 289 g/mol. The fourth-order valence-electron chi connectivity index (χ4n) is 3.02. The van der Waals surface area contributed by atoms with Crippen molar-refractivity contribution < 1.29 is 4.79 Å². The Hall–Kier alpha value is -1.42. The van der Waals surface area contributed by atoms with Gasteiger partial charge in [0, 0.05) is 12.6 Å². The molecule has 0 radical (unpaired) electrons. The second kappa shape index (κ2) is 7.55. The largest absolute Gasteiger partial charge is 0.348 e. The van der Waals surface area contributed by atoms with E-state index in [1.807, 2.05) is 26.0 Å². The zero-order chi connectivity index (χ0) is 15.2. The lowest BCUT2D eigenvalue weighted by Gasteiger charge is -2.28. The minimum Gasteiger partial charge on any atom is -0.348 e. The second-order valence-electron chi connectivity index (χ2n) is 6.28. The lowest BCUT2D eigenvalue weighted by atomic mass is 9.92. The maximum absolute atomic E-state index is 12.1. The first-order valence-electron chi connectivity index (χ1n) is 7.95. The van der Waals surface area contributed by atoms with Crippen molar-refractivity contribution in [2.45, 2.75) is 45.6 Å². The van der Waals surface area contributed by atoms with E-state index in [2.05, 4.69) is 22.2 Å². The zero-order valence-electron chi connectivity index (χ0n) is 13.4. The van der Waals surface area contributed by atoms with Crippen LogP contribution in [0.15, 0.2) is 18.3 Å². The molecule has 1 aliphatic heterocycles. The molecule has 1 amide bonds. The third-order valence-corrected chi connectivity index (χ3v) is 4.46. The molecular weight excluding hydrogens is 262 g/mol. The van der Waals surface area contributed by atoms with Crippen LogP contribution in [0.4, 0.5) is 0 Å². The molecule has 1 fully saturated rings. The smallest absolute Gasteiger partial charge is 0.220 e. The molecular formula is C17H27N3O. The zero-order valence-corrected chi connectivity index (χ0v) is 13.4. The van der Waals surface area contributed by atoms with Crippen LogP contribution in [0.1, 0.15) is 49.9 Å². The van der Waals surface area contributed by atoms with Gasteiger partial charge in [-0.3, -0.25) is 9.78 Å². The topological polar surface area (TPSA) is 45.2 Å². The molecule has 4 nitrogen and oxygen atoms in total. The van der Waals surface area contributed by atoms with Gasteiger partial charge in [-0.15, -0.1) is 0 Å². The van der Waals surface area contributed by atoms with E-state index in [-0.39, 0.29) is 11.9 Å². The van der Waals surface area contributed by atoms with Crippen LogP contribution in [0.2, 0.25) is 0 Å². The molecule has 0 bridgehead atoms. The van der Waals surface area contributed by atoms with E-state index < -0.39 is 0 Å². The summed E-state index contributed by atoms with van der Waals surface area (Å²) in [5, 5.41) is 3.07. The fraction of sp³-hybridized carbons (Fsp3) is 0.647. The average molecular weight is 289 g/mol. The van der Waals surface area contributed by atoms with E-state index in [1.54, 1.807) is 6.20 Å². The number of pyridine rings is 1. The number of rotatable bonds is 5. The summed E-state index contributed by atoms with van der Waals surface area (Å²) in [6.07, 6.45) is 5.86. The Morgan fingerprint density at radius 2 is 2.19 bits per heavy atom. The number of nitrogens with zero attached hydrogens (tertiary/aromatic N) is 2. The molecule has 0 aliphatic carbocycles. The van der Waals surface area contributed by atoms with Gasteiger partial charge in [0.2, 0.25) is 5.91 Å². The third kappa shape index (κ3) is 4.81. The number of carbonyl (C=O) groups is 1. The first-order valence-corrected chi connectivity index (χ1v) is 7.95. The highest BCUT2D eigenvalue weighted by Gasteiger charge is 2.18. The standard InChI is InChI=1S/C17H27N3O/c1-13-5-4-10-18-17(13)14(2)19-16(21)7-6-15-8-11-20(3)12-9-15/h4-5,10,14-15H,6-9,11-12H2,1-3H3,(H,19,21)/t14-/m0/s1. The first kappa shape index (κ1) is 16.0. The highest BCUT2D eigenvalue weighted by molar-refractivity contribution is 5.76. The number of aryl methyl sites for hydroxylation is 1. The quantitative estimate of drug-likeness (QED) is 0.906. The summed E-state index contributed by atoms with van der Waals surface area (Å²) in [5.74, 6) is 0.852. The van der Waals surface area contributed by atoms with Gasteiger partial charge in [-0.05, 0) is 70.8 Å². The summed E-state index contributed by atoms with van der Waals surface area (Å²) in [7, 11) is 2.17. The molecule has 0 spiro atoms. The number of hydrogen-bond acceptors (Lipinski definition) is 3. The number of hydrogen-bond donors (Lipinski definition) is 1. The van der Waals surface area contributed by atoms with Gasteiger partial charge in [0.25, 0.3) is 0 Å². The molecule has 21 heavy (non-hydrogen) atoms. The van der Waals surface area contributed by atoms with E-state index in [1.165, 1.54) is 12.8 Å². The van der Waals surface area contributed by atoms with Crippen LogP contribution in [0.3, 0.4) is 0 Å². The minimum atomic E-state index is -0.0174. The van der Waals surface area contributed by atoms with Crippen LogP contribution in [-0.2, 0) is 4.79 Å². The molecule has 0 saturated carbocycles. The Labute approximate surface area is 127 Å². The lowest BCUT2D eigenvalue weighted by molar-refractivity contribution is -0.122. The molecule has 1 saturated heterocycles. The third-order valence-electron chi connectivity index (χ3n) is 4.46. The van der Waals surface area contributed by atoms with Crippen molar-refractivity contribution in [3.05, 3.63) is 29.6 Å². The Balaban J connectivity index is 1.75. The normalized spacial score (nSPS) is 18.4. The molecule has 0 unspecified atom stereocenters. The molecule has 2 rings (SSSR count). The lowest BCUT2D eigenvalue weighted by Crippen LogP contribution is -2.32. The molecule has 1 aromatic heterocycles. The number of piperidine rings is 1. The molecule has 116 valence electrons. The molecule has 0 aromatic carbocycles. The van der Waals surface area contributed by atoms with Crippen molar-refractivity contribution in [2.75, 3.05) is 20.1 Å². The van der Waals surface area contributed by atoms with Crippen LogP contribution in [0, 0.1) is 12.8 Å². The van der Waals surface area contributed by atoms with Crippen molar-refractivity contribution in [1.82, 2.24) is 15.2 Å².